The summed E-state index contributed by atoms with van der Waals surface area (Å²) < 4.78 is 16.1. The highest BCUT2D eigenvalue weighted by molar-refractivity contribution is 6.53. The van der Waals surface area contributed by atoms with Crippen LogP contribution in [0.5, 0.6) is 5.88 Å². The van der Waals surface area contributed by atoms with Gasteiger partial charge >= 0.3 is 19.1 Å². The Kier molecular flexibility index (Phi) is 5.57. The Hall–Kier alpha value is -2.72. The van der Waals surface area contributed by atoms with Gasteiger partial charge in [-0.05, 0) is 30.5 Å². The zero-order valence-electron chi connectivity index (χ0n) is 14.9. The minimum absolute atomic E-state index is 0.0589. The Labute approximate surface area is 155 Å². The second kappa shape index (κ2) is 7.89. The van der Waals surface area contributed by atoms with Gasteiger partial charge in [0.1, 0.15) is 5.76 Å². The lowest BCUT2D eigenvalue weighted by Gasteiger charge is -2.27. The number of allylic oxidation sites excluding steroid dienone is 2. The maximum atomic E-state index is 11.8. The average molecular weight is 374 g/mol. The van der Waals surface area contributed by atoms with E-state index in [1.165, 1.54) is 6.20 Å². The summed E-state index contributed by atoms with van der Waals surface area (Å²) in [5.74, 6) is -1.22. The van der Waals surface area contributed by atoms with Crippen LogP contribution in [-0.2, 0) is 14.2 Å². The molecule has 0 spiro atoms. The van der Waals surface area contributed by atoms with Crippen molar-refractivity contribution in [2.75, 3.05) is 6.61 Å². The molecule has 1 fully saturated rings. The number of carboxylic acids is 1. The van der Waals surface area contributed by atoms with Crippen molar-refractivity contribution in [1.82, 2.24) is 9.97 Å². The van der Waals surface area contributed by atoms with E-state index in [0.717, 1.165) is 6.20 Å². The lowest BCUT2D eigenvalue weighted by atomic mass is 9.67. The number of carboxylic acid groups (broad SMARTS) is 1. The minimum atomic E-state index is -1.18. The van der Waals surface area contributed by atoms with E-state index in [1.54, 1.807) is 13.0 Å². The van der Waals surface area contributed by atoms with Gasteiger partial charge in [-0.1, -0.05) is 6.92 Å². The number of carbonyl (C=O) groups excluding carboxylic acids is 1. The van der Waals surface area contributed by atoms with Crippen molar-refractivity contribution in [1.29, 1.82) is 0 Å². The van der Waals surface area contributed by atoms with Gasteiger partial charge in [0.25, 0.3) is 0 Å². The number of rotatable bonds is 6. The maximum absolute atomic E-state index is 11.8. The first-order valence-electron chi connectivity index (χ1n) is 8.54. The topological polar surface area (TPSA) is 128 Å². The van der Waals surface area contributed by atoms with Gasteiger partial charge in [0, 0.05) is 5.92 Å². The number of fused-ring (bicyclic) bond motifs is 1. The molecule has 0 aromatic carbocycles. The normalized spacial score (nSPS) is 24.0. The van der Waals surface area contributed by atoms with E-state index < -0.39 is 19.2 Å². The number of hydrogen-bond acceptors (Lipinski definition) is 8. The Bertz CT molecular complexity index is 793. The molecule has 0 amide bonds. The van der Waals surface area contributed by atoms with Gasteiger partial charge in [-0.3, -0.25) is 4.79 Å². The second-order valence-corrected chi connectivity index (χ2v) is 6.28. The van der Waals surface area contributed by atoms with Crippen LogP contribution in [-0.4, -0.2) is 51.9 Å². The monoisotopic (exact) mass is 374 g/mol. The molecule has 0 saturated carbocycles. The lowest BCUT2D eigenvalue weighted by Crippen LogP contribution is -2.28. The highest BCUT2D eigenvalue weighted by Crippen LogP contribution is 2.41. The standard InChI is InChI=1S/C17H19BN2O7/c1-3-25-15(21)6-13-16-9(2)4-10(5-11(16)18(24)27-13)26-14-8-19-12(7-20-14)17(22)23/h4-5,7-9,13,16,24H,3,6H2,1-2H3,(H,22,23). The maximum Gasteiger partial charge on any atom is 0.487 e. The van der Waals surface area contributed by atoms with Gasteiger partial charge in [-0.2, -0.15) is 0 Å². The van der Waals surface area contributed by atoms with Crippen molar-refractivity contribution < 1.29 is 33.8 Å². The summed E-state index contributed by atoms with van der Waals surface area (Å²) in [6.07, 6.45) is 5.37. The van der Waals surface area contributed by atoms with Crippen molar-refractivity contribution in [3.8, 4) is 5.88 Å². The molecule has 0 bridgehead atoms. The fourth-order valence-corrected chi connectivity index (χ4v) is 3.32. The molecule has 27 heavy (non-hydrogen) atoms. The quantitative estimate of drug-likeness (QED) is 0.553. The third-order valence-corrected chi connectivity index (χ3v) is 4.42. The van der Waals surface area contributed by atoms with Gasteiger partial charge in [0.05, 0.1) is 31.5 Å². The first-order valence-corrected chi connectivity index (χ1v) is 8.54. The summed E-state index contributed by atoms with van der Waals surface area (Å²) in [4.78, 5) is 30.2. The van der Waals surface area contributed by atoms with Crippen molar-refractivity contribution in [3.63, 3.8) is 0 Å². The van der Waals surface area contributed by atoms with Gasteiger partial charge in [0.2, 0.25) is 5.88 Å². The van der Waals surface area contributed by atoms with Crippen molar-refractivity contribution in [2.24, 2.45) is 11.8 Å². The van der Waals surface area contributed by atoms with Crippen LogP contribution in [0.25, 0.3) is 0 Å². The molecule has 1 saturated heterocycles. The first kappa shape index (κ1) is 19.1. The van der Waals surface area contributed by atoms with E-state index in [-0.39, 0.29) is 42.4 Å². The highest BCUT2D eigenvalue weighted by atomic mass is 16.5. The van der Waals surface area contributed by atoms with E-state index >= 15 is 0 Å². The number of aromatic carboxylic acids is 1. The molecule has 3 rings (SSSR count). The van der Waals surface area contributed by atoms with Crippen LogP contribution < -0.4 is 4.74 Å². The number of carbonyl (C=O) groups is 2. The number of hydrogen-bond donors (Lipinski definition) is 2. The molecule has 2 aliphatic rings. The summed E-state index contributed by atoms with van der Waals surface area (Å²) in [5.41, 5.74) is 0.428. The summed E-state index contributed by atoms with van der Waals surface area (Å²) >= 11 is 0. The number of aromatic nitrogens is 2. The Morgan fingerprint density at radius 2 is 2.11 bits per heavy atom. The second-order valence-electron chi connectivity index (χ2n) is 6.28. The molecule has 1 aromatic rings. The van der Waals surface area contributed by atoms with E-state index in [9.17, 15) is 14.6 Å². The molecule has 3 atom stereocenters. The summed E-state index contributed by atoms with van der Waals surface area (Å²) in [5, 5.41) is 19.1. The van der Waals surface area contributed by atoms with E-state index in [1.807, 2.05) is 13.0 Å². The Morgan fingerprint density at radius 3 is 2.74 bits per heavy atom. The SMILES string of the molecule is CCOC(=O)CC1OB(O)C2=CC(Oc3cnc(C(=O)O)cn3)=CC(C)C21. The van der Waals surface area contributed by atoms with Crippen molar-refractivity contribution >= 4 is 19.1 Å². The van der Waals surface area contributed by atoms with Gasteiger partial charge in [-0.25, -0.2) is 14.8 Å². The van der Waals surface area contributed by atoms with Crippen LogP contribution in [0.3, 0.4) is 0 Å². The zero-order chi connectivity index (χ0) is 19.6. The average Bonchev–Trinajstić information content (AvgIpc) is 2.91. The first-order chi connectivity index (χ1) is 12.9. The lowest BCUT2D eigenvalue weighted by molar-refractivity contribution is -0.145. The van der Waals surface area contributed by atoms with Crippen molar-refractivity contribution in [2.45, 2.75) is 26.4 Å². The molecule has 3 unspecified atom stereocenters. The number of esters is 1. The van der Waals surface area contributed by atoms with E-state index in [4.69, 9.17) is 19.2 Å². The summed E-state index contributed by atoms with van der Waals surface area (Å²) in [7, 11) is -1.13. The molecule has 10 heteroatoms. The van der Waals surface area contributed by atoms with Crippen LogP contribution in [0, 0.1) is 11.8 Å². The molecule has 0 radical (unpaired) electrons. The molecule has 1 aliphatic carbocycles. The van der Waals surface area contributed by atoms with E-state index in [0.29, 0.717) is 11.2 Å². The predicted molar refractivity (Wildman–Crippen MR) is 92.5 cm³/mol. The third-order valence-electron chi connectivity index (χ3n) is 4.42. The van der Waals surface area contributed by atoms with Crippen LogP contribution in [0.2, 0.25) is 0 Å². The molecule has 2 heterocycles. The highest BCUT2D eigenvalue weighted by Gasteiger charge is 2.47. The smallest absolute Gasteiger partial charge is 0.476 e. The number of nitrogens with zero attached hydrogens (tertiary/aromatic N) is 2. The Balaban J connectivity index is 1.73. The predicted octanol–water partition coefficient (Wildman–Crippen LogP) is 1.00. The number of ether oxygens (including phenoxy) is 2. The summed E-state index contributed by atoms with van der Waals surface area (Å²) in [6, 6.07) is 0. The fourth-order valence-electron chi connectivity index (χ4n) is 3.32. The largest absolute Gasteiger partial charge is 0.487 e. The van der Waals surface area contributed by atoms with Crippen molar-refractivity contribution in [3.05, 3.63) is 41.5 Å². The van der Waals surface area contributed by atoms with Crippen LogP contribution in [0.4, 0.5) is 0 Å². The fraction of sp³-hybridized carbons (Fsp3) is 0.412. The Morgan fingerprint density at radius 1 is 1.33 bits per heavy atom. The van der Waals surface area contributed by atoms with Gasteiger partial charge < -0.3 is 24.3 Å². The van der Waals surface area contributed by atoms with Crippen LogP contribution in [0.1, 0.15) is 30.8 Å². The third kappa shape index (κ3) is 4.17. The molecule has 9 nitrogen and oxygen atoms in total. The van der Waals surface area contributed by atoms with Crippen LogP contribution >= 0.6 is 0 Å². The molecule has 1 aliphatic heterocycles. The van der Waals surface area contributed by atoms with E-state index in [2.05, 4.69) is 9.97 Å². The molecule has 1 aromatic heterocycles. The van der Waals surface area contributed by atoms with Gasteiger partial charge in [0.15, 0.2) is 5.69 Å². The van der Waals surface area contributed by atoms with Crippen LogP contribution in [0.15, 0.2) is 35.8 Å². The molecular formula is C17H19BN2O7. The molecule has 2 N–H and O–H groups in total. The van der Waals surface area contributed by atoms with Gasteiger partial charge in [-0.15, -0.1) is 0 Å². The minimum Gasteiger partial charge on any atom is -0.476 e. The zero-order valence-corrected chi connectivity index (χ0v) is 14.9. The summed E-state index contributed by atoms with van der Waals surface area (Å²) in [6.45, 7) is 3.95. The molecule has 142 valence electrons. The molecular weight excluding hydrogens is 355 g/mol.